The van der Waals surface area contributed by atoms with Gasteiger partial charge < -0.3 is 8.98 Å². The summed E-state index contributed by atoms with van der Waals surface area (Å²) in [7, 11) is 0. The SMILES string of the molecule is N#Cc1ccc2c3cc(-c4ccc5c(c4)nc(-c4ccccc4)c4ccc6c7ccccc7oc6c45)ccc3n(-c3ccccc3)c2c1. The molecule has 0 atom stereocenters. The Hall–Kier alpha value is -6.70. The fourth-order valence-electron chi connectivity index (χ4n) is 7.39. The van der Waals surface area contributed by atoms with Crippen LogP contribution in [0.5, 0.6) is 0 Å². The molecule has 48 heavy (non-hydrogen) atoms. The smallest absolute Gasteiger partial charge is 0.144 e. The van der Waals surface area contributed by atoms with Crippen molar-refractivity contribution in [3.63, 3.8) is 0 Å². The Balaban J connectivity index is 1.24. The van der Waals surface area contributed by atoms with Crippen molar-refractivity contribution in [1.82, 2.24) is 9.55 Å². The highest BCUT2D eigenvalue weighted by Gasteiger charge is 2.19. The lowest BCUT2D eigenvalue weighted by Gasteiger charge is -2.12. The molecule has 0 aliphatic heterocycles. The molecule has 10 aromatic rings. The molecular formula is C44H25N3O. The molecular weight excluding hydrogens is 587 g/mol. The normalized spacial score (nSPS) is 11.7. The van der Waals surface area contributed by atoms with Gasteiger partial charge in [0, 0.05) is 49.0 Å². The number of para-hydroxylation sites is 2. The van der Waals surface area contributed by atoms with Crippen LogP contribution >= 0.6 is 0 Å². The summed E-state index contributed by atoms with van der Waals surface area (Å²) in [5.41, 5.74) is 10.7. The van der Waals surface area contributed by atoms with Crippen molar-refractivity contribution in [1.29, 1.82) is 5.26 Å². The van der Waals surface area contributed by atoms with Gasteiger partial charge in [-0.05, 0) is 65.7 Å². The number of pyridine rings is 1. The average Bonchev–Trinajstić information content (AvgIpc) is 3.70. The molecule has 10 rings (SSSR count). The van der Waals surface area contributed by atoms with Crippen LogP contribution in [0.1, 0.15) is 5.56 Å². The molecule has 4 nitrogen and oxygen atoms in total. The molecule has 3 aromatic heterocycles. The third kappa shape index (κ3) is 3.85. The van der Waals surface area contributed by atoms with Gasteiger partial charge in [0.2, 0.25) is 0 Å². The standard InChI is InChI=1S/C44H25N3O/c45-26-27-15-18-32-37-24-29(17-22-39(37)47(40(32)23-27)31-11-5-2-6-12-31)30-16-19-35-38(25-30)46-43(28-9-3-1-4-10-28)36-21-20-34-33-13-7-8-14-41(33)48-44(34)42(35)36/h1-25H. The minimum absolute atomic E-state index is 0.642. The van der Waals surface area contributed by atoms with Gasteiger partial charge in [-0.15, -0.1) is 0 Å². The van der Waals surface area contributed by atoms with Gasteiger partial charge in [-0.2, -0.15) is 5.26 Å². The fraction of sp³-hybridized carbons (Fsp3) is 0. The van der Waals surface area contributed by atoms with E-state index in [2.05, 4.69) is 114 Å². The molecule has 3 heterocycles. The number of benzene rings is 7. The van der Waals surface area contributed by atoms with Crippen molar-refractivity contribution in [3.8, 4) is 34.1 Å². The molecule has 0 spiro atoms. The molecule has 0 amide bonds. The van der Waals surface area contributed by atoms with Crippen molar-refractivity contribution in [3.05, 3.63) is 157 Å². The van der Waals surface area contributed by atoms with Gasteiger partial charge in [0.1, 0.15) is 11.2 Å². The Labute approximate surface area is 275 Å². The van der Waals surface area contributed by atoms with Crippen LogP contribution in [-0.2, 0) is 0 Å². The van der Waals surface area contributed by atoms with E-state index < -0.39 is 0 Å². The summed E-state index contributed by atoms with van der Waals surface area (Å²) in [6.07, 6.45) is 0. The van der Waals surface area contributed by atoms with Crippen molar-refractivity contribution in [2.45, 2.75) is 0 Å². The third-order valence-corrected chi connectivity index (χ3v) is 9.59. The van der Waals surface area contributed by atoms with Gasteiger partial charge >= 0.3 is 0 Å². The van der Waals surface area contributed by atoms with Crippen LogP contribution in [0, 0.1) is 11.3 Å². The molecule has 0 saturated heterocycles. The van der Waals surface area contributed by atoms with Crippen LogP contribution in [-0.4, -0.2) is 9.55 Å². The minimum atomic E-state index is 0.642. The van der Waals surface area contributed by atoms with Crippen molar-refractivity contribution >= 4 is 65.4 Å². The second kappa shape index (κ2) is 10.2. The number of hydrogen-bond donors (Lipinski definition) is 0. The van der Waals surface area contributed by atoms with Crippen LogP contribution in [0.25, 0.3) is 93.5 Å². The van der Waals surface area contributed by atoms with Crippen LogP contribution in [0.4, 0.5) is 0 Å². The molecule has 0 unspecified atom stereocenters. The first-order valence-electron chi connectivity index (χ1n) is 16.0. The fourth-order valence-corrected chi connectivity index (χ4v) is 7.39. The molecule has 0 bridgehead atoms. The van der Waals surface area contributed by atoms with Crippen molar-refractivity contribution < 1.29 is 4.42 Å². The summed E-state index contributed by atoms with van der Waals surface area (Å²) in [6, 6.07) is 54.8. The zero-order chi connectivity index (χ0) is 31.8. The maximum absolute atomic E-state index is 9.70. The van der Waals surface area contributed by atoms with Gasteiger partial charge in [0.05, 0.1) is 33.9 Å². The average molecular weight is 612 g/mol. The van der Waals surface area contributed by atoms with Gasteiger partial charge in [0.15, 0.2) is 0 Å². The summed E-state index contributed by atoms with van der Waals surface area (Å²) in [6.45, 7) is 0. The maximum atomic E-state index is 9.70. The lowest BCUT2D eigenvalue weighted by molar-refractivity contribution is 0.673. The van der Waals surface area contributed by atoms with E-state index in [1.54, 1.807) is 0 Å². The van der Waals surface area contributed by atoms with Crippen LogP contribution < -0.4 is 0 Å². The first-order chi connectivity index (χ1) is 23.7. The monoisotopic (exact) mass is 611 g/mol. The largest absolute Gasteiger partial charge is 0.455 e. The number of nitriles is 1. The number of nitrogens with zero attached hydrogens (tertiary/aromatic N) is 3. The van der Waals surface area contributed by atoms with Crippen LogP contribution in [0.2, 0.25) is 0 Å². The zero-order valence-corrected chi connectivity index (χ0v) is 25.7. The molecule has 222 valence electrons. The summed E-state index contributed by atoms with van der Waals surface area (Å²) in [4.78, 5) is 5.32. The summed E-state index contributed by atoms with van der Waals surface area (Å²) in [5, 5.41) is 17.4. The van der Waals surface area contributed by atoms with E-state index in [0.29, 0.717) is 5.56 Å². The topological polar surface area (TPSA) is 54.8 Å². The van der Waals surface area contributed by atoms with E-state index in [-0.39, 0.29) is 0 Å². The first-order valence-corrected chi connectivity index (χ1v) is 16.0. The molecule has 0 fully saturated rings. The minimum Gasteiger partial charge on any atom is -0.455 e. The van der Waals surface area contributed by atoms with E-state index in [1.807, 2.05) is 48.5 Å². The highest BCUT2D eigenvalue weighted by molar-refractivity contribution is 6.25. The van der Waals surface area contributed by atoms with Gasteiger partial charge in [0.25, 0.3) is 0 Å². The lowest BCUT2D eigenvalue weighted by Crippen LogP contribution is -1.93. The highest BCUT2D eigenvalue weighted by atomic mass is 16.3. The quantitative estimate of drug-likeness (QED) is 0.187. The molecule has 0 radical (unpaired) electrons. The van der Waals surface area contributed by atoms with E-state index in [0.717, 1.165) is 93.5 Å². The number of hydrogen-bond acceptors (Lipinski definition) is 3. The van der Waals surface area contributed by atoms with Crippen LogP contribution in [0.3, 0.4) is 0 Å². The Morgan fingerprint density at radius 2 is 1.23 bits per heavy atom. The van der Waals surface area contributed by atoms with Gasteiger partial charge in [-0.3, -0.25) is 0 Å². The van der Waals surface area contributed by atoms with E-state index in [1.165, 1.54) is 0 Å². The molecule has 7 aromatic carbocycles. The van der Waals surface area contributed by atoms with E-state index in [9.17, 15) is 5.26 Å². The molecule has 0 aliphatic rings. The lowest BCUT2D eigenvalue weighted by atomic mass is 9.95. The molecule has 4 heteroatoms. The summed E-state index contributed by atoms with van der Waals surface area (Å²) in [5.74, 6) is 0. The van der Waals surface area contributed by atoms with E-state index >= 15 is 0 Å². The summed E-state index contributed by atoms with van der Waals surface area (Å²) < 4.78 is 8.82. The number of aromatic nitrogens is 2. The van der Waals surface area contributed by atoms with E-state index in [4.69, 9.17) is 9.40 Å². The first kappa shape index (κ1) is 26.5. The second-order valence-corrected chi connectivity index (χ2v) is 12.3. The predicted octanol–water partition coefficient (Wildman–Crippen LogP) is 11.6. The highest BCUT2D eigenvalue weighted by Crippen LogP contribution is 2.42. The Morgan fingerprint density at radius 3 is 2.08 bits per heavy atom. The maximum Gasteiger partial charge on any atom is 0.144 e. The Bertz CT molecular complexity index is 2950. The van der Waals surface area contributed by atoms with Crippen molar-refractivity contribution in [2.24, 2.45) is 0 Å². The Kier molecular flexibility index (Phi) is 5.61. The van der Waals surface area contributed by atoms with Gasteiger partial charge in [-0.1, -0.05) is 97.1 Å². The molecule has 0 saturated carbocycles. The van der Waals surface area contributed by atoms with Crippen molar-refractivity contribution in [2.75, 3.05) is 0 Å². The zero-order valence-electron chi connectivity index (χ0n) is 25.7. The molecule has 0 N–H and O–H groups in total. The van der Waals surface area contributed by atoms with Crippen LogP contribution in [0.15, 0.2) is 156 Å². The second-order valence-electron chi connectivity index (χ2n) is 12.3. The molecule has 0 aliphatic carbocycles. The number of rotatable bonds is 3. The van der Waals surface area contributed by atoms with Gasteiger partial charge in [-0.25, -0.2) is 4.98 Å². The Morgan fingerprint density at radius 1 is 0.521 bits per heavy atom. The number of furan rings is 1. The third-order valence-electron chi connectivity index (χ3n) is 9.59. The number of fused-ring (bicyclic) bond motifs is 10. The summed E-state index contributed by atoms with van der Waals surface area (Å²) >= 11 is 0. The predicted molar refractivity (Wildman–Crippen MR) is 196 cm³/mol.